The first-order valence-corrected chi connectivity index (χ1v) is 10.5. The number of aliphatic carboxylic acids is 1. The smallest absolute Gasteiger partial charge is 0.410 e. The van der Waals surface area contributed by atoms with Gasteiger partial charge in [-0.25, -0.2) is 9.59 Å². The molecule has 1 aliphatic heterocycles. The summed E-state index contributed by atoms with van der Waals surface area (Å²) in [5.41, 5.74) is 4.67. The van der Waals surface area contributed by atoms with Crippen molar-refractivity contribution in [2.24, 2.45) is 11.8 Å². The fourth-order valence-corrected chi connectivity index (χ4v) is 5.38. The average Bonchev–Trinajstić information content (AvgIpc) is 3.25. The van der Waals surface area contributed by atoms with Crippen LogP contribution in [0.1, 0.15) is 42.7 Å². The number of likely N-dealkylation sites (tertiary alicyclic amines) is 1. The number of carbonyl (C=O) groups excluding carboxylic acids is 1. The first-order valence-electron chi connectivity index (χ1n) is 10.5. The van der Waals surface area contributed by atoms with Gasteiger partial charge in [0.05, 0.1) is 0 Å². The van der Waals surface area contributed by atoms with Gasteiger partial charge >= 0.3 is 12.1 Å². The molecular weight excluding hydrogens is 366 g/mol. The largest absolute Gasteiger partial charge is 0.480 e. The number of fused-ring (bicyclic) bond motifs is 3. The van der Waals surface area contributed by atoms with E-state index in [9.17, 15) is 14.7 Å². The predicted molar refractivity (Wildman–Crippen MR) is 109 cm³/mol. The molecular formula is C24H25NO4. The lowest BCUT2D eigenvalue weighted by Gasteiger charge is -2.34. The second-order valence-corrected chi connectivity index (χ2v) is 8.42. The van der Waals surface area contributed by atoms with Gasteiger partial charge in [-0.2, -0.15) is 0 Å². The van der Waals surface area contributed by atoms with Gasteiger partial charge in [0.15, 0.2) is 0 Å². The summed E-state index contributed by atoms with van der Waals surface area (Å²) in [6.07, 6.45) is 3.57. The predicted octanol–water partition coefficient (Wildman–Crippen LogP) is 4.51. The van der Waals surface area contributed by atoms with E-state index in [0.717, 1.165) is 30.4 Å². The molecule has 150 valence electrons. The fourth-order valence-electron chi connectivity index (χ4n) is 5.38. The average molecular weight is 391 g/mol. The molecule has 29 heavy (non-hydrogen) atoms. The van der Waals surface area contributed by atoms with Crippen molar-refractivity contribution in [1.82, 2.24) is 4.90 Å². The van der Waals surface area contributed by atoms with Gasteiger partial charge in [-0.1, -0.05) is 67.8 Å². The lowest BCUT2D eigenvalue weighted by Crippen LogP contribution is -2.46. The van der Waals surface area contributed by atoms with Crippen LogP contribution in [0.3, 0.4) is 0 Å². The zero-order valence-corrected chi connectivity index (χ0v) is 16.3. The number of benzene rings is 2. The quantitative estimate of drug-likeness (QED) is 0.833. The summed E-state index contributed by atoms with van der Waals surface area (Å²) in [6, 6.07) is 15.6. The Morgan fingerprint density at radius 3 is 2.14 bits per heavy atom. The van der Waals surface area contributed by atoms with Crippen LogP contribution < -0.4 is 0 Å². The van der Waals surface area contributed by atoms with Gasteiger partial charge in [-0.15, -0.1) is 0 Å². The van der Waals surface area contributed by atoms with Crippen LogP contribution in [0.25, 0.3) is 11.1 Å². The molecule has 1 heterocycles. The van der Waals surface area contributed by atoms with Crippen molar-refractivity contribution in [2.75, 3.05) is 13.2 Å². The zero-order chi connectivity index (χ0) is 20.0. The number of rotatable bonds is 4. The maximum absolute atomic E-state index is 12.9. The van der Waals surface area contributed by atoms with Crippen LogP contribution >= 0.6 is 0 Å². The molecule has 5 heteroatoms. The Balaban J connectivity index is 1.33. The third-order valence-electron chi connectivity index (χ3n) is 7.02. The Labute approximate surface area is 170 Å². The molecule has 2 atom stereocenters. The lowest BCUT2D eigenvalue weighted by molar-refractivity contribution is -0.144. The van der Waals surface area contributed by atoms with Crippen LogP contribution in [0.15, 0.2) is 48.5 Å². The van der Waals surface area contributed by atoms with Gasteiger partial charge in [0.25, 0.3) is 0 Å². The second kappa shape index (κ2) is 7.21. The summed E-state index contributed by atoms with van der Waals surface area (Å²) in [7, 11) is 0. The van der Waals surface area contributed by atoms with Gasteiger partial charge in [0, 0.05) is 12.5 Å². The summed E-state index contributed by atoms with van der Waals surface area (Å²) in [5.74, 6) is -0.434. The van der Waals surface area contributed by atoms with Gasteiger partial charge in [-0.3, -0.25) is 4.90 Å². The van der Waals surface area contributed by atoms with E-state index in [4.69, 9.17) is 4.74 Å². The Morgan fingerprint density at radius 1 is 0.966 bits per heavy atom. The number of nitrogens with zero attached hydrogens (tertiary/aromatic N) is 1. The lowest BCUT2D eigenvalue weighted by atomic mass is 9.73. The maximum Gasteiger partial charge on any atom is 0.410 e. The van der Waals surface area contributed by atoms with Crippen LogP contribution in [-0.2, 0) is 9.53 Å². The number of hydrogen-bond acceptors (Lipinski definition) is 3. The highest BCUT2D eigenvalue weighted by molar-refractivity contribution is 5.82. The summed E-state index contributed by atoms with van der Waals surface area (Å²) in [4.78, 5) is 26.2. The highest BCUT2D eigenvalue weighted by Gasteiger charge is 2.47. The maximum atomic E-state index is 12.9. The topological polar surface area (TPSA) is 66.8 Å². The fraction of sp³-hybridized carbons (Fsp3) is 0.417. The Bertz CT molecular complexity index is 906. The number of carboxylic acids is 1. The molecule has 0 spiro atoms. The molecule has 0 radical (unpaired) electrons. The number of ether oxygens (including phenoxy) is 1. The molecule has 2 aromatic rings. The summed E-state index contributed by atoms with van der Waals surface area (Å²) in [5, 5.41) is 9.76. The molecule has 1 amide bonds. The monoisotopic (exact) mass is 391 g/mol. The van der Waals surface area contributed by atoms with Crippen LogP contribution in [0.4, 0.5) is 4.79 Å². The number of carboxylic acid groups (broad SMARTS) is 1. The van der Waals surface area contributed by atoms with Crippen molar-refractivity contribution >= 4 is 12.1 Å². The number of amides is 1. The standard InChI is InChI=1S/C24H25NO4/c26-23(27)22-16(15-6-5-7-15)12-13-25(22)24(28)29-14-21-19-10-3-1-8-17(19)18-9-2-4-11-20(18)21/h1-4,8-11,15-16,21-22H,5-7,12-14H2,(H,26,27)/t16-,22-/m0/s1. The van der Waals surface area contributed by atoms with E-state index in [2.05, 4.69) is 24.3 Å². The van der Waals surface area contributed by atoms with Gasteiger partial charge < -0.3 is 9.84 Å². The summed E-state index contributed by atoms with van der Waals surface area (Å²) in [6.45, 7) is 0.693. The highest BCUT2D eigenvalue weighted by atomic mass is 16.6. The minimum absolute atomic E-state index is 0.0142. The van der Waals surface area contributed by atoms with Crippen LogP contribution in [0, 0.1) is 11.8 Å². The molecule has 0 bridgehead atoms. The van der Waals surface area contributed by atoms with E-state index in [0.29, 0.717) is 12.5 Å². The Morgan fingerprint density at radius 2 is 1.59 bits per heavy atom. The van der Waals surface area contributed by atoms with E-state index < -0.39 is 18.1 Å². The zero-order valence-electron chi connectivity index (χ0n) is 16.3. The first-order chi connectivity index (χ1) is 14.1. The van der Waals surface area contributed by atoms with Crippen molar-refractivity contribution in [3.05, 3.63) is 59.7 Å². The normalized spacial score (nSPS) is 23.4. The van der Waals surface area contributed by atoms with Gasteiger partial charge in [0.2, 0.25) is 0 Å². The SMILES string of the molecule is O=C(O)[C@@H]1[C@H](C2CCC2)CCN1C(=O)OCC1c2ccccc2-c2ccccc21. The van der Waals surface area contributed by atoms with Gasteiger partial charge in [-0.05, 0) is 40.5 Å². The molecule has 2 fully saturated rings. The minimum Gasteiger partial charge on any atom is -0.480 e. The van der Waals surface area contributed by atoms with E-state index in [-0.39, 0.29) is 18.4 Å². The molecule has 1 saturated heterocycles. The minimum atomic E-state index is -0.909. The van der Waals surface area contributed by atoms with E-state index in [1.54, 1.807) is 0 Å². The van der Waals surface area contributed by atoms with Crippen LogP contribution in [0.5, 0.6) is 0 Å². The Hall–Kier alpha value is -2.82. The van der Waals surface area contributed by atoms with Crippen molar-refractivity contribution in [2.45, 2.75) is 37.6 Å². The van der Waals surface area contributed by atoms with E-state index in [1.165, 1.54) is 22.4 Å². The first kappa shape index (κ1) is 18.2. The highest BCUT2D eigenvalue weighted by Crippen LogP contribution is 2.45. The van der Waals surface area contributed by atoms with E-state index in [1.807, 2.05) is 24.3 Å². The third-order valence-corrected chi connectivity index (χ3v) is 7.02. The molecule has 5 nitrogen and oxygen atoms in total. The molecule has 2 aromatic carbocycles. The Kier molecular flexibility index (Phi) is 4.53. The van der Waals surface area contributed by atoms with E-state index >= 15 is 0 Å². The molecule has 0 unspecified atom stereocenters. The number of hydrogen-bond donors (Lipinski definition) is 1. The van der Waals surface area contributed by atoms with Crippen molar-refractivity contribution in [3.8, 4) is 11.1 Å². The van der Waals surface area contributed by atoms with Crippen LogP contribution in [0.2, 0.25) is 0 Å². The van der Waals surface area contributed by atoms with Crippen molar-refractivity contribution in [1.29, 1.82) is 0 Å². The second-order valence-electron chi connectivity index (χ2n) is 8.42. The summed E-state index contributed by atoms with van der Waals surface area (Å²) >= 11 is 0. The molecule has 2 aliphatic carbocycles. The van der Waals surface area contributed by atoms with Crippen LogP contribution in [-0.4, -0.2) is 41.3 Å². The molecule has 1 N–H and O–H groups in total. The summed E-state index contributed by atoms with van der Waals surface area (Å²) < 4.78 is 5.71. The molecule has 5 rings (SSSR count). The third kappa shape index (κ3) is 3.00. The molecule has 1 saturated carbocycles. The van der Waals surface area contributed by atoms with Crippen molar-refractivity contribution < 1.29 is 19.4 Å². The number of carbonyl (C=O) groups is 2. The van der Waals surface area contributed by atoms with Gasteiger partial charge in [0.1, 0.15) is 12.6 Å². The molecule has 3 aliphatic rings. The van der Waals surface area contributed by atoms with Crippen molar-refractivity contribution in [3.63, 3.8) is 0 Å². The molecule has 0 aromatic heterocycles.